The molecule has 1 heterocycles. The van der Waals surface area contributed by atoms with E-state index in [4.69, 9.17) is 11.6 Å². The van der Waals surface area contributed by atoms with E-state index in [9.17, 15) is 9.90 Å². The molecule has 3 rings (SSSR count). The van der Waals surface area contributed by atoms with Gasteiger partial charge in [0.25, 0.3) is 0 Å². The lowest BCUT2D eigenvalue weighted by molar-refractivity contribution is -0.118. The quantitative estimate of drug-likeness (QED) is 0.691. The van der Waals surface area contributed by atoms with Crippen LogP contribution in [0.2, 0.25) is 5.02 Å². The first-order valence-electron chi connectivity index (χ1n) is 6.79. The third-order valence-electron chi connectivity index (χ3n) is 3.38. The van der Waals surface area contributed by atoms with Crippen LogP contribution in [0.1, 0.15) is 18.1 Å². The van der Waals surface area contributed by atoms with Crippen LogP contribution in [0, 0.1) is 0 Å². The molecule has 112 valence electrons. The highest BCUT2D eigenvalue weighted by Gasteiger charge is 2.14. The van der Waals surface area contributed by atoms with E-state index in [1.54, 1.807) is 36.5 Å². The first kappa shape index (κ1) is 14.6. The molecule has 1 amide bonds. The number of fused-ring (bicyclic) bond motifs is 1. The number of carbonyl (C=O) groups excluding carboxylic acids is 1. The van der Waals surface area contributed by atoms with E-state index in [1.807, 2.05) is 12.1 Å². The minimum absolute atomic E-state index is 0.0356. The van der Waals surface area contributed by atoms with Gasteiger partial charge < -0.3 is 10.4 Å². The fourth-order valence-electron chi connectivity index (χ4n) is 2.25. The number of aliphatic hydroxyl groups excluding tert-OH is 1. The number of rotatable bonds is 4. The third kappa shape index (κ3) is 3.10. The molecule has 0 aliphatic heterocycles. The second-order valence-electron chi connectivity index (χ2n) is 4.96. The van der Waals surface area contributed by atoms with Crippen LogP contribution in [0.5, 0.6) is 0 Å². The Morgan fingerprint density at radius 2 is 2.05 bits per heavy atom. The Bertz CT molecular complexity index is 799. The molecule has 1 unspecified atom stereocenters. The standard InChI is InChI=1S/C16H14ClN3O2/c17-12-6-4-10(5-7-12)14(21)8-15(22)19-13-3-1-2-11-9-18-20-16(11)13/h1-7,9,14,21H,8H2,(H,18,20)(H,19,22). The Morgan fingerprint density at radius 1 is 1.27 bits per heavy atom. The van der Waals surface area contributed by atoms with Crippen molar-refractivity contribution in [2.24, 2.45) is 0 Å². The number of carbonyl (C=O) groups is 1. The summed E-state index contributed by atoms with van der Waals surface area (Å²) in [6, 6.07) is 12.3. The second kappa shape index (κ2) is 6.17. The van der Waals surface area contributed by atoms with E-state index in [2.05, 4.69) is 15.5 Å². The molecule has 0 fully saturated rings. The molecule has 0 aliphatic rings. The summed E-state index contributed by atoms with van der Waals surface area (Å²) in [7, 11) is 0. The Kier molecular flexibility index (Phi) is 4.09. The predicted molar refractivity (Wildman–Crippen MR) is 85.8 cm³/mol. The number of H-pyrrole nitrogens is 1. The molecule has 0 spiro atoms. The number of nitrogens with one attached hydrogen (secondary N) is 2. The van der Waals surface area contributed by atoms with Crippen molar-refractivity contribution in [1.29, 1.82) is 0 Å². The molecule has 6 heteroatoms. The van der Waals surface area contributed by atoms with E-state index in [-0.39, 0.29) is 12.3 Å². The van der Waals surface area contributed by atoms with Gasteiger partial charge in [0.1, 0.15) is 0 Å². The van der Waals surface area contributed by atoms with Gasteiger partial charge >= 0.3 is 0 Å². The van der Waals surface area contributed by atoms with Gasteiger partial charge in [-0.3, -0.25) is 9.89 Å². The van der Waals surface area contributed by atoms with Gasteiger partial charge in [-0.2, -0.15) is 5.10 Å². The number of anilines is 1. The van der Waals surface area contributed by atoms with Gasteiger partial charge in [0, 0.05) is 10.4 Å². The molecule has 0 saturated heterocycles. The van der Waals surface area contributed by atoms with Crippen molar-refractivity contribution in [2.45, 2.75) is 12.5 Å². The molecular weight excluding hydrogens is 302 g/mol. The van der Waals surface area contributed by atoms with E-state index in [0.29, 0.717) is 16.3 Å². The zero-order valence-electron chi connectivity index (χ0n) is 11.6. The molecular formula is C16H14ClN3O2. The average Bonchev–Trinajstić information content (AvgIpc) is 2.97. The maximum absolute atomic E-state index is 12.1. The summed E-state index contributed by atoms with van der Waals surface area (Å²) in [5, 5.41) is 21.2. The number of hydrogen-bond acceptors (Lipinski definition) is 3. The first-order chi connectivity index (χ1) is 10.6. The summed E-state index contributed by atoms with van der Waals surface area (Å²) in [6.07, 6.45) is 0.776. The van der Waals surface area contributed by atoms with Crippen LogP contribution in [0.4, 0.5) is 5.69 Å². The van der Waals surface area contributed by atoms with Gasteiger partial charge in [0.15, 0.2) is 0 Å². The molecule has 1 aromatic heterocycles. The number of aromatic amines is 1. The zero-order chi connectivity index (χ0) is 15.5. The summed E-state index contributed by atoms with van der Waals surface area (Å²) < 4.78 is 0. The molecule has 3 N–H and O–H groups in total. The van der Waals surface area contributed by atoms with Crippen LogP contribution in [0.25, 0.3) is 10.9 Å². The average molecular weight is 316 g/mol. The molecule has 5 nitrogen and oxygen atoms in total. The zero-order valence-corrected chi connectivity index (χ0v) is 12.3. The predicted octanol–water partition coefficient (Wildman–Crippen LogP) is 3.28. The number of amides is 1. The van der Waals surface area contributed by atoms with Crippen LogP contribution in [0.15, 0.2) is 48.7 Å². The van der Waals surface area contributed by atoms with Crippen molar-refractivity contribution in [3.05, 3.63) is 59.2 Å². The second-order valence-corrected chi connectivity index (χ2v) is 5.40. The Morgan fingerprint density at radius 3 is 2.82 bits per heavy atom. The van der Waals surface area contributed by atoms with Crippen molar-refractivity contribution in [2.75, 3.05) is 5.32 Å². The van der Waals surface area contributed by atoms with Crippen molar-refractivity contribution < 1.29 is 9.90 Å². The van der Waals surface area contributed by atoms with Crippen LogP contribution in [0.3, 0.4) is 0 Å². The summed E-state index contributed by atoms with van der Waals surface area (Å²) in [5.74, 6) is -0.274. The monoisotopic (exact) mass is 315 g/mol. The summed E-state index contributed by atoms with van der Waals surface area (Å²) in [4.78, 5) is 12.1. The van der Waals surface area contributed by atoms with E-state index >= 15 is 0 Å². The lowest BCUT2D eigenvalue weighted by Gasteiger charge is -2.12. The first-order valence-corrected chi connectivity index (χ1v) is 7.17. The number of aromatic nitrogens is 2. The van der Waals surface area contributed by atoms with Gasteiger partial charge in [-0.05, 0) is 23.8 Å². The van der Waals surface area contributed by atoms with Crippen molar-refractivity contribution in [3.8, 4) is 0 Å². The number of hydrogen-bond donors (Lipinski definition) is 3. The van der Waals surface area contributed by atoms with E-state index in [1.165, 1.54) is 0 Å². The van der Waals surface area contributed by atoms with Crippen molar-refractivity contribution in [1.82, 2.24) is 10.2 Å². The van der Waals surface area contributed by atoms with Gasteiger partial charge in [0.2, 0.25) is 5.91 Å². The number of aliphatic hydroxyl groups is 1. The molecule has 2 aromatic carbocycles. The number of halogens is 1. The molecule has 0 aliphatic carbocycles. The molecule has 3 aromatic rings. The minimum atomic E-state index is -0.877. The van der Waals surface area contributed by atoms with Gasteiger partial charge in [-0.25, -0.2) is 0 Å². The molecule has 0 bridgehead atoms. The minimum Gasteiger partial charge on any atom is -0.388 e. The van der Waals surface area contributed by atoms with E-state index in [0.717, 1.165) is 10.9 Å². The number of para-hydroxylation sites is 1. The van der Waals surface area contributed by atoms with Crippen molar-refractivity contribution >= 4 is 34.1 Å². The third-order valence-corrected chi connectivity index (χ3v) is 3.64. The normalized spacial score (nSPS) is 12.3. The maximum Gasteiger partial charge on any atom is 0.227 e. The largest absolute Gasteiger partial charge is 0.388 e. The van der Waals surface area contributed by atoms with Crippen molar-refractivity contribution in [3.63, 3.8) is 0 Å². The topological polar surface area (TPSA) is 78.0 Å². The van der Waals surface area contributed by atoms with Crippen LogP contribution >= 0.6 is 11.6 Å². The van der Waals surface area contributed by atoms with Crippen LogP contribution in [-0.4, -0.2) is 21.2 Å². The van der Waals surface area contributed by atoms with Gasteiger partial charge in [-0.15, -0.1) is 0 Å². The Labute approximate surface area is 131 Å². The summed E-state index contributed by atoms with van der Waals surface area (Å²) >= 11 is 5.80. The highest BCUT2D eigenvalue weighted by molar-refractivity contribution is 6.30. The fraction of sp³-hybridized carbons (Fsp3) is 0.125. The lowest BCUT2D eigenvalue weighted by atomic mass is 10.1. The summed E-state index contributed by atoms with van der Waals surface area (Å²) in [5.41, 5.74) is 2.06. The smallest absolute Gasteiger partial charge is 0.227 e. The van der Waals surface area contributed by atoms with E-state index < -0.39 is 6.10 Å². The van der Waals surface area contributed by atoms with Gasteiger partial charge in [-0.1, -0.05) is 35.9 Å². The molecule has 0 radical (unpaired) electrons. The Hall–Kier alpha value is -2.37. The fourth-order valence-corrected chi connectivity index (χ4v) is 2.38. The number of nitrogens with zero attached hydrogens (tertiary/aromatic N) is 1. The Balaban J connectivity index is 1.69. The molecule has 1 atom stereocenters. The highest BCUT2D eigenvalue weighted by Crippen LogP contribution is 2.23. The number of benzene rings is 2. The lowest BCUT2D eigenvalue weighted by Crippen LogP contribution is -2.15. The van der Waals surface area contributed by atoms with Gasteiger partial charge in [0.05, 0.1) is 29.9 Å². The summed E-state index contributed by atoms with van der Waals surface area (Å²) in [6.45, 7) is 0. The van der Waals surface area contributed by atoms with Crippen LogP contribution in [-0.2, 0) is 4.79 Å². The molecule has 0 saturated carbocycles. The molecule has 22 heavy (non-hydrogen) atoms. The maximum atomic E-state index is 12.1. The van der Waals surface area contributed by atoms with Crippen LogP contribution < -0.4 is 5.32 Å². The SMILES string of the molecule is O=C(CC(O)c1ccc(Cl)cc1)Nc1cccc2cn[nH]c12. The highest BCUT2D eigenvalue weighted by atomic mass is 35.5.